The molecule has 0 aliphatic heterocycles. The van der Waals surface area contributed by atoms with Crippen molar-refractivity contribution in [3.05, 3.63) is 10.1 Å². The van der Waals surface area contributed by atoms with E-state index in [4.69, 9.17) is 11.6 Å². The van der Waals surface area contributed by atoms with Gasteiger partial charge in [-0.3, -0.25) is 10.1 Å². The van der Waals surface area contributed by atoms with Gasteiger partial charge >= 0.3 is 0 Å². The van der Waals surface area contributed by atoms with E-state index in [1.807, 2.05) is 0 Å². The number of alkyl halides is 1. The highest BCUT2D eigenvalue weighted by Gasteiger charge is 2.08. The molecule has 0 amide bonds. The van der Waals surface area contributed by atoms with E-state index >= 15 is 0 Å². The molecule has 4 heteroatoms. The fourth-order valence-corrected chi connectivity index (χ4v) is 0.169. The molecular formula is C3H6ClNO2. The molecule has 0 spiro atoms. The second-order valence-electron chi connectivity index (χ2n) is 1.29. The van der Waals surface area contributed by atoms with Crippen LogP contribution in [-0.2, 0) is 0 Å². The zero-order chi connectivity index (χ0) is 5.86. The Hall–Kier alpha value is -0.310. The first-order valence-corrected chi connectivity index (χ1v) is 2.41. The molecule has 0 bridgehead atoms. The van der Waals surface area contributed by atoms with Crippen LogP contribution in [-0.4, -0.2) is 16.8 Å². The first-order valence-electron chi connectivity index (χ1n) is 1.88. The number of halogens is 1. The van der Waals surface area contributed by atoms with Gasteiger partial charge in [-0.25, -0.2) is 0 Å². The zero-order valence-electron chi connectivity index (χ0n) is 3.93. The molecule has 42 valence electrons. The summed E-state index contributed by atoms with van der Waals surface area (Å²) in [6.45, 7) is 1.47. The number of nitro groups is 1. The van der Waals surface area contributed by atoms with Gasteiger partial charge in [0.1, 0.15) is 0 Å². The predicted octanol–water partition coefficient (Wildman–Crippen LogP) is 0.890. The molecule has 0 aliphatic carbocycles. The standard InChI is InChI=1S/C3H6ClNO2/c1-3(2-4)5(6)7/h3H,2H2,1H3/t3-/m0/s1. The van der Waals surface area contributed by atoms with Crippen LogP contribution in [0, 0.1) is 10.1 Å². The van der Waals surface area contributed by atoms with Crippen molar-refractivity contribution in [1.29, 1.82) is 0 Å². The van der Waals surface area contributed by atoms with Gasteiger partial charge in [-0.1, -0.05) is 0 Å². The van der Waals surface area contributed by atoms with Crippen LogP contribution in [0.4, 0.5) is 0 Å². The van der Waals surface area contributed by atoms with Gasteiger partial charge in [0.2, 0.25) is 6.04 Å². The molecule has 0 saturated heterocycles. The molecule has 0 radical (unpaired) electrons. The van der Waals surface area contributed by atoms with Gasteiger partial charge in [-0.2, -0.15) is 0 Å². The smallest absolute Gasteiger partial charge is 0.223 e. The van der Waals surface area contributed by atoms with Crippen LogP contribution in [0.5, 0.6) is 0 Å². The maximum Gasteiger partial charge on any atom is 0.223 e. The van der Waals surface area contributed by atoms with Crippen molar-refractivity contribution in [2.45, 2.75) is 13.0 Å². The quantitative estimate of drug-likeness (QED) is 0.311. The van der Waals surface area contributed by atoms with Crippen molar-refractivity contribution in [2.24, 2.45) is 0 Å². The fraction of sp³-hybridized carbons (Fsp3) is 1.00. The lowest BCUT2D eigenvalue weighted by atomic mass is 10.4. The number of hydrogen-bond donors (Lipinski definition) is 0. The summed E-state index contributed by atoms with van der Waals surface area (Å²) in [7, 11) is 0. The lowest BCUT2D eigenvalue weighted by molar-refractivity contribution is -0.512. The van der Waals surface area contributed by atoms with Crippen molar-refractivity contribution >= 4 is 11.6 Å². The average molecular weight is 124 g/mol. The summed E-state index contributed by atoms with van der Waals surface area (Å²) >= 11 is 5.11. The normalized spacial score (nSPS) is 13.4. The number of hydrogen-bond acceptors (Lipinski definition) is 2. The number of rotatable bonds is 2. The SMILES string of the molecule is C[C@@H](CCl)[N+](=O)[O-]. The van der Waals surface area contributed by atoms with Crippen molar-refractivity contribution in [2.75, 3.05) is 5.88 Å². The third kappa shape index (κ3) is 2.39. The lowest BCUT2D eigenvalue weighted by Crippen LogP contribution is -2.15. The largest absolute Gasteiger partial charge is 0.264 e. The predicted molar refractivity (Wildman–Crippen MR) is 27.2 cm³/mol. The minimum absolute atomic E-state index is 0.0903. The highest BCUT2D eigenvalue weighted by Crippen LogP contribution is 1.89. The summed E-state index contributed by atoms with van der Waals surface area (Å²) in [6.07, 6.45) is 0. The molecule has 0 aromatic rings. The van der Waals surface area contributed by atoms with E-state index in [1.54, 1.807) is 0 Å². The first kappa shape index (κ1) is 6.69. The van der Waals surface area contributed by atoms with Gasteiger partial charge in [-0.05, 0) is 0 Å². The van der Waals surface area contributed by atoms with Gasteiger partial charge in [-0.15, -0.1) is 11.6 Å². The Kier molecular flexibility index (Phi) is 2.67. The van der Waals surface area contributed by atoms with E-state index in [-0.39, 0.29) is 5.88 Å². The summed E-state index contributed by atoms with van der Waals surface area (Å²) in [5.41, 5.74) is 0. The molecule has 0 aromatic heterocycles. The Morgan fingerprint density at radius 2 is 2.43 bits per heavy atom. The van der Waals surface area contributed by atoms with Crippen LogP contribution < -0.4 is 0 Å². The Morgan fingerprint density at radius 3 is 2.43 bits per heavy atom. The zero-order valence-corrected chi connectivity index (χ0v) is 4.68. The molecule has 0 unspecified atom stereocenters. The molecule has 3 nitrogen and oxygen atoms in total. The van der Waals surface area contributed by atoms with E-state index in [0.717, 1.165) is 0 Å². The second-order valence-corrected chi connectivity index (χ2v) is 1.60. The first-order chi connectivity index (χ1) is 3.18. The third-order valence-corrected chi connectivity index (χ3v) is 1.03. The van der Waals surface area contributed by atoms with Crippen LogP contribution in [0.1, 0.15) is 6.92 Å². The summed E-state index contributed by atoms with van der Waals surface area (Å²) in [5.74, 6) is 0.0903. The Balaban J connectivity index is 3.34. The van der Waals surface area contributed by atoms with Crippen LogP contribution in [0.15, 0.2) is 0 Å². The van der Waals surface area contributed by atoms with E-state index in [2.05, 4.69) is 0 Å². The van der Waals surface area contributed by atoms with E-state index < -0.39 is 11.0 Å². The van der Waals surface area contributed by atoms with E-state index in [1.165, 1.54) is 6.92 Å². The van der Waals surface area contributed by atoms with Crippen LogP contribution in [0.25, 0.3) is 0 Å². The average Bonchev–Trinajstić information content (AvgIpc) is 1.65. The van der Waals surface area contributed by atoms with Crippen molar-refractivity contribution in [3.8, 4) is 0 Å². The third-order valence-electron chi connectivity index (χ3n) is 0.583. The molecule has 0 aliphatic rings. The van der Waals surface area contributed by atoms with Gasteiger partial charge in [0.15, 0.2) is 0 Å². The summed E-state index contributed by atoms with van der Waals surface area (Å²) in [5, 5.41) is 9.65. The molecule has 0 fully saturated rings. The minimum Gasteiger partial charge on any atom is -0.264 e. The molecule has 7 heavy (non-hydrogen) atoms. The topological polar surface area (TPSA) is 43.1 Å². The summed E-state index contributed by atoms with van der Waals surface area (Å²) in [6, 6.07) is -0.610. The molecule has 1 atom stereocenters. The van der Waals surface area contributed by atoms with Gasteiger partial charge in [0, 0.05) is 11.8 Å². The molecular weight excluding hydrogens is 117 g/mol. The molecule has 0 saturated carbocycles. The Labute approximate surface area is 46.4 Å². The van der Waals surface area contributed by atoms with Gasteiger partial charge in [0.05, 0.1) is 5.88 Å². The number of nitrogens with zero attached hydrogens (tertiary/aromatic N) is 1. The van der Waals surface area contributed by atoms with E-state index in [9.17, 15) is 10.1 Å². The monoisotopic (exact) mass is 123 g/mol. The van der Waals surface area contributed by atoms with Gasteiger partial charge in [0.25, 0.3) is 0 Å². The maximum atomic E-state index is 9.65. The Morgan fingerprint density at radius 1 is 2.00 bits per heavy atom. The van der Waals surface area contributed by atoms with Crippen LogP contribution in [0.2, 0.25) is 0 Å². The van der Waals surface area contributed by atoms with E-state index in [0.29, 0.717) is 0 Å². The fourth-order valence-electron chi connectivity index (χ4n) is 0.0563. The molecule has 0 aromatic carbocycles. The molecule has 0 heterocycles. The summed E-state index contributed by atoms with van der Waals surface area (Å²) in [4.78, 5) is 9.24. The van der Waals surface area contributed by atoms with Crippen LogP contribution in [0.3, 0.4) is 0 Å². The minimum atomic E-state index is -0.610. The highest BCUT2D eigenvalue weighted by atomic mass is 35.5. The molecule has 0 N–H and O–H groups in total. The second kappa shape index (κ2) is 2.80. The highest BCUT2D eigenvalue weighted by molar-refractivity contribution is 6.18. The van der Waals surface area contributed by atoms with Crippen LogP contribution >= 0.6 is 11.6 Å². The lowest BCUT2D eigenvalue weighted by Gasteiger charge is -1.93. The van der Waals surface area contributed by atoms with Gasteiger partial charge < -0.3 is 0 Å². The summed E-state index contributed by atoms with van der Waals surface area (Å²) < 4.78 is 0. The maximum absolute atomic E-state index is 9.65. The Bertz CT molecular complexity index is 75.3. The van der Waals surface area contributed by atoms with Crippen molar-refractivity contribution in [1.82, 2.24) is 0 Å². The molecule has 0 rings (SSSR count). The van der Waals surface area contributed by atoms with Crippen molar-refractivity contribution < 1.29 is 4.92 Å². The van der Waals surface area contributed by atoms with Crippen molar-refractivity contribution in [3.63, 3.8) is 0 Å².